The van der Waals surface area contributed by atoms with Crippen molar-refractivity contribution in [3.05, 3.63) is 83.7 Å². The first-order valence-electron chi connectivity index (χ1n) is 8.15. The highest BCUT2D eigenvalue weighted by Gasteiger charge is 2.39. The number of rotatable bonds is 5. The van der Waals surface area contributed by atoms with Crippen molar-refractivity contribution in [2.24, 2.45) is 5.92 Å². The third-order valence-corrected chi connectivity index (χ3v) is 4.03. The van der Waals surface area contributed by atoms with Gasteiger partial charge in [-0.05, 0) is 29.3 Å². The van der Waals surface area contributed by atoms with Gasteiger partial charge in [-0.2, -0.15) is 0 Å². The van der Waals surface area contributed by atoms with E-state index in [0.717, 1.165) is 11.1 Å². The van der Waals surface area contributed by atoms with Crippen LogP contribution in [0.15, 0.2) is 72.6 Å². The van der Waals surface area contributed by atoms with E-state index in [1.807, 2.05) is 54.6 Å². The largest absolute Gasteiger partial charge is 0.489 e. The van der Waals surface area contributed by atoms with Crippen molar-refractivity contribution in [2.75, 3.05) is 7.11 Å². The Morgan fingerprint density at radius 3 is 2.69 bits per heavy atom. The van der Waals surface area contributed by atoms with Gasteiger partial charge < -0.3 is 14.8 Å². The lowest BCUT2D eigenvalue weighted by Gasteiger charge is -2.07. The van der Waals surface area contributed by atoms with Gasteiger partial charge in [0.05, 0.1) is 12.8 Å². The number of allylic oxidation sites excluding steroid dienone is 1. The molecule has 1 N–H and O–H groups in total. The summed E-state index contributed by atoms with van der Waals surface area (Å²) in [4.78, 5) is 24.1. The molecule has 1 aliphatic rings. The molecule has 132 valence electrons. The number of Topliss-reactive ketones (excluding diaryl/α,β-unsaturated/α-hetero) is 1. The van der Waals surface area contributed by atoms with Gasteiger partial charge in [0.15, 0.2) is 11.7 Å². The lowest BCUT2D eigenvalue weighted by atomic mass is 10.0. The van der Waals surface area contributed by atoms with Gasteiger partial charge in [0, 0.05) is 5.70 Å². The second-order valence-electron chi connectivity index (χ2n) is 5.88. The molecule has 1 heterocycles. The maximum absolute atomic E-state index is 12.4. The molecule has 0 radical (unpaired) electrons. The van der Waals surface area contributed by atoms with Crippen molar-refractivity contribution in [2.45, 2.75) is 6.61 Å². The topological polar surface area (TPSA) is 64.6 Å². The molecule has 2 aromatic carbocycles. The molecule has 0 aliphatic carbocycles. The van der Waals surface area contributed by atoms with Gasteiger partial charge in [0.2, 0.25) is 0 Å². The molecule has 2 aromatic rings. The van der Waals surface area contributed by atoms with Crippen molar-refractivity contribution < 1.29 is 19.1 Å². The summed E-state index contributed by atoms with van der Waals surface area (Å²) in [6.07, 6.45) is 1.67. The van der Waals surface area contributed by atoms with Crippen LogP contribution in [0, 0.1) is 5.92 Å². The molecule has 0 spiro atoms. The summed E-state index contributed by atoms with van der Waals surface area (Å²) in [5.41, 5.74) is 2.49. The highest BCUT2D eigenvalue weighted by Crippen LogP contribution is 2.25. The fourth-order valence-corrected chi connectivity index (χ4v) is 2.70. The van der Waals surface area contributed by atoms with Gasteiger partial charge in [0.1, 0.15) is 12.4 Å². The zero-order valence-corrected chi connectivity index (χ0v) is 14.4. The third-order valence-electron chi connectivity index (χ3n) is 4.03. The fourth-order valence-electron chi connectivity index (χ4n) is 2.70. The van der Waals surface area contributed by atoms with Crippen LogP contribution in [0.2, 0.25) is 0 Å². The van der Waals surface area contributed by atoms with Crippen LogP contribution in [0.5, 0.6) is 5.75 Å². The molecule has 0 amide bonds. The number of nitrogens with one attached hydrogen (secondary N) is 1. The number of hydrogen-bond acceptors (Lipinski definition) is 5. The van der Waals surface area contributed by atoms with E-state index in [2.05, 4.69) is 16.6 Å². The van der Waals surface area contributed by atoms with E-state index in [4.69, 9.17) is 4.74 Å². The molecular formula is C21H19NO4. The Morgan fingerprint density at radius 1 is 1.19 bits per heavy atom. The molecule has 1 saturated heterocycles. The molecule has 0 bridgehead atoms. The Bertz CT molecular complexity index is 871. The van der Waals surface area contributed by atoms with Crippen molar-refractivity contribution in [1.29, 1.82) is 0 Å². The highest BCUT2D eigenvalue weighted by atomic mass is 16.5. The second kappa shape index (κ2) is 7.70. The third kappa shape index (κ3) is 3.83. The normalized spacial score (nSPS) is 17.9. The van der Waals surface area contributed by atoms with E-state index in [1.54, 1.807) is 6.08 Å². The van der Waals surface area contributed by atoms with Gasteiger partial charge in [-0.15, -0.1) is 0 Å². The van der Waals surface area contributed by atoms with Crippen LogP contribution in [0.3, 0.4) is 0 Å². The smallest absolute Gasteiger partial charge is 0.322 e. The van der Waals surface area contributed by atoms with Crippen LogP contribution in [0.25, 0.3) is 6.08 Å². The Labute approximate surface area is 151 Å². The molecule has 1 fully saturated rings. The molecule has 0 saturated carbocycles. The lowest BCUT2D eigenvalue weighted by molar-refractivity contribution is -0.146. The molecule has 1 aliphatic heterocycles. The summed E-state index contributed by atoms with van der Waals surface area (Å²) >= 11 is 0. The first kappa shape index (κ1) is 17.5. The van der Waals surface area contributed by atoms with Crippen molar-refractivity contribution in [1.82, 2.24) is 5.32 Å². The number of carbonyl (C=O) groups is 2. The van der Waals surface area contributed by atoms with E-state index < -0.39 is 11.9 Å². The summed E-state index contributed by atoms with van der Waals surface area (Å²) < 4.78 is 10.5. The Kier molecular flexibility index (Phi) is 5.17. The van der Waals surface area contributed by atoms with Crippen LogP contribution in [0.4, 0.5) is 0 Å². The average molecular weight is 349 g/mol. The molecule has 3 rings (SSSR count). The van der Waals surface area contributed by atoms with Crippen molar-refractivity contribution in [3.63, 3.8) is 0 Å². The predicted octanol–water partition coefficient (Wildman–Crippen LogP) is 3.08. The average Bonchev–Trinajstić information content (AvgIpc) is 2.94. The van der Waals surface area contributed by atoms with E-state index in [-0.39, 0.29) is 5.78 Å². The monoisotopic (exact) mass is 349 g/mol. The van der Waals surface area contributed by atoms with Crippen LogP contribution in [-0.2, 0) is 20.9 Å². The maximum atomic E-state index is 12.4. The van der Waals surface area contributed by atoms with E-state index in [9.17, 15) is 9.59 Å². The number of ketones is 1. The maximum Gasteiger partial charge on any atom is 0.322 e. The highest BCUT2D eigenvalue weighted by molar-refractivity contribution is 6.14. The molecule has 1 unspecified atom stereocenters. The lowest BCUT2D eigenvalue weighted by Crippen LogP contribution is -2.21. The van der Waals surface area contributed by atoms with Gasteiger partial charge in [0.25, 0.3) is 0 Å². The number of ether oxygens (including phenoxy) is 2. The molecular weight excluding hydrogens is 330 g/mol. The number of hydrogen-bond donors (Lipinski definition) is 1. The first-order chi connectivity index (χ1) is 12.6. The standard InChI is InChI=1S/C21H19NO4/c1-14-19(21(24)25-2)20(23)18(22-14)12-16-9-6-10-17(11-16)26-13-15-7-4-3-5-8-15/h3-12,19,22H,1,13H2,2H3. The van der Waals surface area contributed by atoms with E-state index in [1.165, 1.54) is 7.11 Å². The quantitative estimate of drug-likeness (QED) is 0.511. The molecule has 5 heteroatoms. The van der Waals surface area contributed by atoms with Crippen molar-refractivity contribution >= 4 is 17.8 Å². The zero-order valence-electron chi connectivity index (χ0n) is 14.4. The minimum Gasteiger partial charge on any atom is -0.489 e. The minimum atomic E-state index is -0.997. The number of carbonyl (C=O) groups excluding carboxylic acids is 2. The number of esters is 1. The Hall–Kier alpha value is -3.34. The van der Waals surface area contributed by atoms with Gasteiger partial charge in [-0.1, -0.05) is 49.0 Å². The van der Waals surface area contributed by atoms with Crippen LogP contribution < -0.4 is 10.1 Å². The van der Waals surface area contributed by atoms with Gasteiger partial charge in [-0.25, -0.2) is 0 Å². The number of benzene rings is 2. The molecule has 0 aromatic heterocycles. The van der Waals surface area contributed by atoms with E-state index in [0.29, 0.717) is 23.8 Å². The van der Waals surface area contributed by atoms with Crippen LogP contribution >= 0.6 is 0 Å². The van der Waals surface area contributed by atoms with Crippen molar-refractivity contribution in [3.8, 4) is 5.75 Å². The van der Waals surface area contributed by atoms with E-state index >= 15 is 0 Å². The fraction of sp³-hybridized carbons (Fsp3) is 0.143. The molecule has 5 nitrogen and oxygen atoms in total. The van der Waals surface area contributed by atoms with Gasteiger partial charge >= 0.3 is 5.97 Å². The molecule has 26 heavy (non-hydrogen) atoms. The Balaban J connectivity index is 1.74. The second-order valence-corrected chi connectivity index (χ2v) is 5.88. The minimum absolute atomic E-state index is 0.311. The zero-order chi connectivity index (χ0) is 18.5. The first-order valence-corrected chi connectivity index (χ1v) is 8.15. The predicted molar refractivity (Wildman–Crippen MR) is 98.0 cm³/mol. The van der Waals surface area contributed by atoms with Crippen LogP contribution in [0.1, 0.15) is 11.1 Å². The summed E-state index contributed by atoms with van der Waals surface area (Å²) in [5, 5.41) is 2.87. The Morgan fingerprint density at radius 2 is 1.96 bits per heavy atom. The van der Waals surface area contributed by atoms with Crippen LogP contribution in [-0.4, -0.2) is 18.9 Å². The summed E-state index contributed by atoms with van der Waals surface area (Å²) in [6, 6.07) is 17.2. The number of methoxy groups -OCH3 is 1. The summed E-state index contributed by atoms with van der Waals surface area (Å²) in [7, 11) is 1.25. The summed E-state index contributed by atoms with van der Waals surface area (Å²) in [5.74, 6) is -1.27. The summed E-state index contributed by atoms with van der Waals surface area (Å²) in [6.45, 7) is 4.19. The molecule has 1 atom stereocenters. The van der Waals surface area contributed by atoms with Gasteiger partial charge in [-0.3, -0.25) is 9.59 Å². The SMILES string of the molecule is C=C1NC(=Cc2cccc(OCc3ccccc3)c2)C(=O)C1C(=O)OC.